The molecule has 0 N–H and O–H groups in total. The predicted molar refractivity (Wildman–Crippen MR) is 160 cm³/mol. The van der Waals surface area contributed by atoms with Crippen LogP contribution in [0.4, 0.5) is 39.5 Å². The van der Waals surface area contributed by atoms with Crippen molar-refractivity contribution in [1.82, 2.24) is 0 Å². The lowest BCUT2D eigenvalue weighted by atomic mass is 10.00. The molecule has 0 amide bonds. The minimum Gasteiger partial charge on any atom is -0.346 e. The maximum Gasteiger partial charge on any atom is 0.386 e. The van der Waals surface area contributed by atoms with E-state index < -0.39 is 70.4 Å². The smallest absolute Gasteiger partial charge is 0.346 e. The Kier molecular flexibility index (Phi) is 11.0. The number of benzene rings is 4. The molecule has 1 fully saturated rings. The molecular weight excluding hydrogens is 651 g/mol. The van der Waals surface area contributed by atoms with Gasteiger partial charge in [-0.15, -0.1) is 0 Å². The molecule has 0 radical (unpaired) electrons. The van der Waals surface area contributed by atoms with Gasteiger partial charge in [-0.2, -0.15) is 8.78 Å². The predicted octanol–water partition coefficient (Wildman–Crippen LogP) is 10.4. The minimum atomic E-state index is -3.98. The maximum atomic E-state index is 15.1. The van der Waals surface area contributed by atoms with Gasteiger partial charge in [0.05, 0.1) is 18.8 Å². The van der Waals surface area contributed by atoms with Crippen molar-refractivity contribution in [2.75, 3.05) is 13.2 Å². The summed E-state index contributed by atoms with van der Waals surface area (Å²) in [6.07, 6.45) is -1.27. The monoisotopic (exact) mass is 680 g/mol. The van der Waals surface area contributed by atoms with Crippen molar-refractivity contribution in [3.63, 3.8) is 0 Å². The van der Waals surface area contributed by atoms with Crippen LogP contribution in [-0.2, 0) is 26.7 Å². The summed E-state index contributed by atoms with van der Waals surface area (Å²) in [4.78, 5) is 0. The highest BCUT2D eigenvalue weighted by atomic mass is 19.3. The minimum absolute atomic E-state index is 0.144. The van der Waals surface area contributed by atoms with Crippen LogP contribution in [0.3, 0.4) is 0 Å². The van der Waals surface area contributed by atoms with Crippen molar-refractivity contribution in [3.8, 4) is 11.1 Å². The van der Waals surface area contributed by atoms with Crippen molar-refractivity contribution >= 4 is 12.2 Å². The molecular formula is C36H29F9O3. The average molecular weight is 681 g/mol. The van der Waals surface area contributed by atoms with Gasteiger partial charge in [-0.1, -0.05) is 44.0 Å². The van der Waals surface area contributed by atoms with Crippen LogP contribution in [0.15, 0.2) is 60.7 Å². The second-order valence-corrected chi connectivity index (χ2v) is 11.3. The van der Waals surface area contributed by atoms with Crippen LogP contribution < -0.4 is 0 Å². The van der Waals surface area contributed by atoms with Gasteiger partial charge in [0, 0.05) is 16.7 Å². The standard InChI is InChI=1S/C36H29F9O3/c1-2-3-4-5-20-7-11-27(31(40)12-20)36(44,45)48-24-18-46-35(47-19-24)22-8-10-25(28(37)15-22)23-16-29(38)26(30(39)17-23)9-6-21-13-32(41)34(43)33(42)14-21/h6-17,24,35H,2-5,18-19H2,1H3/b9-6+. The van der Waals surface area contributed by atoms with E-state index in [-0.39, 0.29) is 35.5 Å². The highest BCUT2D eigenvalue weighted by molar-refractivity contribution is 5.73. The number of aryl methyl sites for hydroxylation is 1. The number of hydrogen-bond donors (Lipinski definition) is 0. The van der Waals surface area contributed by atoms with Crippen LogP contribution in [0.25, 0.3) is 23.3 Å². The number of rotatable bonds is 11. The van der Waals surface area contributed by atoms with Gasteiger partial charge in [-0.25, -0.2) is 30.7 Å². The van der Waals surface area contributed by atoms with E-state index in [1.54, 1.807) is 0 Å². The summed E-state index contributed by atoms with van der Waals surface area (Å²) < 4.78 is 145. The van der Waals surface area contributed by atoms with E-state index >= 15 is 4.39 Å². The SMILES string of the molecule is CCCCCc1ccc(C(F)(F)OC2COC(c3ccc(-c4cc(F)c(/C=C/c5cc(F)c(F)c(F)c5)c(F)c4)c(F)c3)OC2)c(F)c1. The van der Waals surface area contributed by atoms with Gasteiger partial charge in [0.1, 0.15) is 29.4 Å². The fourth-order valence-electron chi connectivity index (χ4n) is 5.21. The largest absolute Gasteiger partial charge is 0.386 e. The second kappa shape index (κ2) is 15.0. The topological polar surface area (TPSA) is 27.7 Å². The second-order valence-electron chi connectivity index (χ2n) is 11.3. The van der Waals surface area contributed by atoms with Gasteiger partial charge in [0.15, 0.2) is 23.7 Å². The molecule has 0 saturated carbocycles. The summed E-state index contributed by atoms with van der Waals surface area (Å²) in [6, 6.07) is 10.1. The van der Waals surface area contributed by atoms with Gasteiger partial charge in [-0.3, -0.25) is 0 Å². The Morgan fingerprint density at radius 3 is 2.00 bits per heavy atom. The summed E-state index contributed by atoms with van der Waals surface area (Å²) in [5.41, 5.74) is -1.31. The van der Waals surface area contributed by atoms with E-state index in [1.165, 1.54) is 18.2 Å². The molecule has 0 atom stereocenters. The van der Waals surface area contributed by atoms with Crippen molar-refractivity contribution in [2.24, 2.45) is 0 Å². The van der Waals surface area contributed by atoms with Crippen LogP contribution in [0.1, 0.15) is 60.3 Å². The molecule has 0 spiro atoms. The molecule has 1 heterocycles. The van der Waals surface area contributed by atoms with Crippen molar-refractivity contribution in [2.45, 2.75) is 51.1 Å². The van der Waals surface area contributed by atoms with Crippen LogP contribution in [-0.4, -0.2) is 19.3 Å². The van der Waals surface area contributed by atoms with E-state index in [9.17, 15) is 35.1 Å². The number of halogens is 9. The number of ether oxygens (including phenoxy) is 3. The Balaban J connectivity index is 1.22. The molecule has 48 heavy (non-hydrogen) atoms. The lowest BCUT2D eigenvalue weighted by molar-refractivity contribution is -0.321. The first-order valence-electron chi connectivity index (χ1n) is 15.1. The molecule has 1 saturated heterocycles. The molecule has 4 aromatic carbocycles. The summed E-state index contributed by atoms with van der Waals surface area (Å²) in [5, 5.41) is 0. The van der Waals surface area contributed by atoms with Gasteiger partial charge in [0.25, 0.3) is 0 Å². The Morgan fingerprint density at radius 1 is 0.729 bits per heavy atom. The summed E-state index contributed by atoms with van der Waals surface area (Å²) in [7, 11) is 0. The first kappa shape index (κ1) is 35.2. The molecule has 5 rings (SSSR count). The Labute approximate surface area is 270 Å². The third-order valence-electron chi connectivity index (χ3n) is 7.70. The van der Waals surface area contributed by atoms with Gasteiger partial charge in [0.2, 0.25) is 0 Å². The van der Waals surface area contributed by atoms with Gasteiger partial charge in [-0.05, 0) is 78.1 Å². The van der Waals surface area contributed by atoms with E-state index in [2.05, 4.69) is 0 Å². The zero-order valence-corrected chi connectivity index (χ0v) is 25.5. The number of hydrogen-bond acceptors (Lipinski definition) is 3. The molecule has 0 aromatic heterocycles. The van der Waals surface area contributed by atoms with E-state index in [0.29, 0.717) is 24.1 Å². The molecule has 4 aromatic rings. The molecule has 0 aliphatic carbocycles. The molecule has 0 unspecified atom stereocenters. The fourth-order valence-corrected chi connectivity index (χ4v) is 5.21. The number of unbranched alkanes of at least 4 members (excludes halogenated alkanes) is 2. The summed E-state index contributed by atoms with van der Waals surface area (Å²) in [5.74, 6) is -8.87. The van der Waals surface area contributed by atoms with Crippen molar-refractivity contribution in [3.05, 3.63) is 129 Å². The molecule has 1 aliphatic rings. The average Bonchev–Trinajstić information content (AvgIpc) is 3.03. The lowest BCUT2D eigenvalue weighted by Gasteiger charge is -2.32. The quantitative estimate of drug-likeness (QED) is 0.0683. The van der Waals surface area contributed by atoms with E-state index in [1.807, 2.05) is 6.92 Å². The van der Waals surface area contributed by atoms with Crippen LogP contribution in [0, 0.1) is 40.7 Å². The molecule has 12 heteroatoms. The third-order valence-corrected chi connectivity index (χ3v) is 7.70. The van der Waals surface area contributed by atoms with Gasteiger partial charge < -0.3 is 14.2 Å². The van der Waals surface area contributed by atoms with E-state index in [4.69, 9.17) is 14.2 Å². The fraction of sp³-hybridized carbons (Fsp3) is 0.278. The van der Waals surface area contributed by atoms with Crippen molar-refractivity contribution < 1.29 is 53.7 Å². The number of alkyl halides is 2. The van der Waals surface area contributed by atoms with Crippen LogP contribution in [0.2, 0.25) is 0 Å². The van der Waals surface area contributed by atoms with E-state index in [0.717, 1.165) is 61.7 Å². The highest BCUT2D eigenvalue weighted by Crippen LogP contribution is 2.36. The third kappa shape index (κ3) is 8.11. The lowest BCUT2D eigenvalue weighted by Crippen LogP contribution is -2.38. The molecule has 254 valence electrons. The molecule has 3 nitrogen and oxygen atoms in total. The zero-order chi connectivity index (χ0) is 34.6. The van der Waals surface area contributed by atoms with Crippen molar-refractivity contribution in [1.29, 1.82) is 0 Å². The first-order chi connectivity index (χ1) is 22.9. The van der Waals surface area contributed by atoms with Gasteiger partial charge >= 0.3 is 6.11 Å². The Hall–Kier alpha value is -4.13. The highest BCUT2D eigenvalue weighted by Gasteiger charge is 2.40. The van der Waals surface area contributed by atoms with Crippen LogP contribution >= 0.6 is 0 Å². The Morgan fingerprint density at radius 2 is 1.40 bits per heavy atom. The maximum absolute atomic E-state index is 15.1. The summed E-state index contributed by atoms with van der Waals surface area (Å²) >= 11 is 0. The Bertz CT molecular complexity index is 1750. The first-order valence-corrected chi connectivity index (χ1v) is 15.1. The molecule has 0 bridgehead atoms. The van der Waals surface area contributed by atoms with Crippen LogP contribution in [0.5, 0.6) is 0 Å². The normalized spacial score (nSPS) is 17.0. The summed E-state index contributed by atoms with van der Waals surface area (Å²) in [6.45, 7) is 1.25. The molecule has 1 aliphatic heterocycles. The zero-order valence-electron chi connectivity index (χ0n) is 25.5.